The quantitative estimate of drug-likeness (QED) is 0.762. The number of rotatable bonds is 3. The minimum Gasteiger partial charge on any atom is -0.506 e. The van der Waals surface area contributed by atoms with E-state index in [1.54, 1.807) is 5.38 Å². The van der Waals surface area contributed by atoms with E-state index in [0.717, 1.165) is 6.42 Å². The van der Waals surface area contributed by atoms with Crippen molar-refractivity contribution in [3.8, 4) is 5.75 Å². The smallest absolute Gasteiger partial charge is 0.352 e. The van der Waals surface area contributed by atoms with Crippen LogP contribution in [0.3, 0.4) is 0 Å². The van der Waals surface area contributed by atoms with E-state index in [0.29, 0.717) is 0 Å². The van der Waals surface area contributed by atoms with E-state index in [9.17, 15) is 9.90 Å². The zero-order valence-electron chi connectivity index (χ0n) is 7.61. The van der Waals surface area contributed by atoms with E-state index in [1.165, 1.54) is 17.4 Å². The van der Waals surface area contributed by atoms with Crippen LogP contribution in [-0.2, 0) is 4.74 Å². The Morgan fingerprint density at radius 1 is 1.77 bits per heavy atom. The molecule has 0 saturated heterocycles. The molecule has 1 atom stereocenters. The molecular formula is C9H12O3S. The summed E-state index contributed by atoms with van der Waals surface area (Å²) in [5.41, 5.74) is 0. The van der Waals surface area contributed by atoms with Crippen molar-refractivity contribution in [1.82, 2.24) is 0 Å². The minimum absolute atomic E-state index is 0.00157. The summed E-state index contributed by atoms with van der Waals surface area (Å²) in [5, 5.41) is 10.9. The van der Waals surface area contributed by atoms with Crippen LogP contribution in [0.2, 0.25) is 0 Å². The molecule has 1 heterocycles. The topological polar surface area (TPSA) is 46.5 Å². The van der Waals surface area contributed by atoms with Crippen molar-refractivity contribution in [3.05, 3.63) is 16.3 Å². The maximum atomic E-state index is 11.3. The molecule has 13 heavy (non-hydrogen) atoms. The zero-order valence-corrected chi connectivity index (χ0v) is 8.43. The maximum Gasteiger partial charge on any atom is 0.352 e. The molecular weight excluding hydrogens is 188 g/mol. The fraction of sp³-hybridized carbons (Fsp3) is 0.444. The predicted molar refractivity (Wildman–Crippen MR) is 51.2 cm³/mol. The molecule has 1 aromatic heterocycles. The molecule has 0 saturated carbocycles. The van der Waals surface area contributed by atoms with Crippen molar-refractivity contribution in [1.29, 1.82) is 0 Å². The standard InChI is InChI=1S/C9H12O3S/c1-3-6(2)12-9(11)8-7(10)4-5-13-8/h4-6,10H,3H2,1-2H3. The summed E-state index contributed by atoms with van der Waals surface area (Å²) < 4.78 is 5.04. The third kappa shape index (κ3) is 2.45. The van der Waals surface area contributed by atoms with Gasteiger partial charge in [0.2, 0.25) is 0 Å². The number of esters is 1. The van der Waals surface area contributed by atoms with Crippen LogP contribution in [0.4, 0.5) is 0 Å². The average Bonchev–Trinajstić information content (AvgIpc) is 2.51. The SMILES string of the molecule is CCC(C)OC(=O)c1sccc1O. The van der Waals surface area contributed by atoms with Crippen LogP contribution in [0.5, 0.6) is 5.75 Å². The van der Waals surface area contributed by atoms with Crippen molar-refractivity contribution >= 4 is 17.3 Å². The Balaban J connectivity index is 2.64. The molecule has 0 aliphatic heterocycles. The third-order valence-corrected chi connectivity index (χ3v) is 2.60. The Morgan fingerprint density at radius 3 is 2.92 bits per heavy atom. The molecule has 0 spiro atoms. The van der Waals surface area contributed by atoms with Crippen molar-refractivity contribution in [3.63, 3.8) is 0 Å². The summed E-state index contributed by atoms with van der Waals surface area (Å²) >= 11 is 1.19. The summed E-state index contributed by atoms with van der Waals surface area (Å²) in [6, 6.07) is 1.48. The summed E-state index contributed by atoms with van der Waals surface area (Å²) in [4.78, 5) is 11.6. The number of carbonyl (C=O) groups excluding carboxylic acids is 1. The summed E-state index contributed by atoms with van der Waals surface area (Å²) in [6.07, 6.45) is 0.673. The molecule has 0 radical (unpaired) electrons. The largest absolute Gasteiger partial charge is 0.506 e. The molecule has 4 heteroatoms. The molecule has 0 aliphatic carbocycles. The molecule has 3 nitrogen and oxygen atoms in total. The lowest BCUT2D eigenvalue weighted by Gasteiger charge is -2.09. The van der Waals surface area contributed by atoms with Crippen molar-refractivity contribution in [2.75, 3.05) is 0 Å². The number of hydrogen-bond donors (Lipinski definition) is 1. The Labute approximate surface area is 81.0 Å². The summed E-state index contributed by atoms with van der Waals surface area (Å²) in [5.74, 6) is -0.444. The average molecular weight is 200 g/mol. The second-order valence-corrected chi connectivity index (χ2v) is 3.68. The first-order chi connectivity index (χ1) is 6.15. The van der Waals surface area contributed by atoms with Gasteiger partial charge in [-0.3, -0.25) is 0 Å². The van der Waals surface area contributed by atoms with Crippen LogP contribution >= 0.6 is 11.3 Å². The van der Waals surface area contributed by atoms with Crippen LogP contribution in [0, 0.1) is 0 Å². The first kappa shape index (κ1) is 10.1. The van der Waals surface area contributed by atoms with Crippen LogP contribution in [-0.4, -0.2) is 17.2 Å². The van der Waals surface area contributed by atoms with E-state index in [2.05, 4.69) is 0 Å². The van der Waals surface area contributed by atoms with Crippen molar-refractivity contribution in [2.24, 2.45) is 0 Å². The number of ether oxygens (including phenoxy) is 1. The first-order valence-corrected chi connectivity index (χ1v) is 5.00. The van der Waals surface area contributed by atoms with E-state index < -0.39 is 5.97 Å². The maximum absolute atomic E-state index is 11.3. The van der Waals surface area contributed by atoms with Gasteiger partial charge in [-0.1, -0.05) is 6.92 Å². The fourth-order valence-electron chi connectivity index (χ4n) is 0.775. The van der Waals surface area contributed by atoms with Crippen LogP contribution in [0.25, 0.3) is 0 Å². The predicted octanol–water partition coefficient (Wildman–Crippen LogP) is 2.41. The normalized spacial score (nSPS) is 12.5. The third-order valence-electron chi connectivity index (χ3n) is 1.71. The van der Waals surface area contributed by atoms with Gasteiger partial charge < -0.3 is 9.84 Å². The molecule has 1 aromatic rings. The lowest BCUT2D eigenvalue weighted by atomic mass is 10.3. The lowest BCUT2D eigenvalue weighted by molar-refractivity contribution is 0.0337. The molecule has 1 unspecified atom stereocenters. The van der Waals surface area contributed by atoms with Crippen molar-refractivity contribution < 1.29 is 14.6 Å². The highest BCUT2D eigenvalue weighted by Gasteiger charge is 2.15. The van der Waals surface area contributed by atoms with Crippen LogP contribution in [0.15, 0.2) is 11.4 Å². The highest BCUT2D eigenvalue weighted by Crippen LogP contribution is 2.24. The lowest BCUT2D eigenvalue weighted by Crippen LogP contribution is -2.12. The van der Waals surface area contributed by atoms with Gasteiger partial charge in [-0.15, -0.1) is 11.3 Å². The van der Waals surface area contributed by atoms with Crippen LogP contribution in [0.1, 0.15) is 29.9 Å². The monoisotopic (exact) mass is 200 g/mol. The van der Waals surface area contributed by atoms with Gasteiger partial charge in [-0.25, -0.2) is 4.79 Å². The van der Waals surface area contributed by atoms with Gasteiger partial charge in [0.25, 0.3) is 0 Å². The van der Waals surface area contributed by atoms with Crippen molar-refractivity contribution in [2.45, 2.75) is 26.4 Å². The molecule has 1 N–H and O–H groups in total. The Kier molecular flexibility index (Phi) is 3.31. The van der Waals surface area contributed by atoms with E-state index in [4.69, 9.17) is 4.74 Å². The molecule has 1 rings (SSSR count). The van der Waals surface area contributed by atoms with Gasteiger partial charge in [-0.05, 0) is 24.8 Å². The Bertz CT molecular complexity index is 293. The fourth-order valence-corrected chi connectivity index (χ4v) is 1.44. The second kappa shape index (κ2) is 4.28. The second-order valence-electron chi connectivity index (χ2n) is 2.76. The summed E-state index contributed by atoms with van der Waals surface area (Å²) in [6.45, 7) is 3.76. The van der Waals surface area contributed by atoms with Gasteiger partial charge in [0, 0.05) is 0 Å². The van der Waals surface area contributed by atoms with Gasteiger partial charge >= 0.3 is 5.97 Å². The number of thiophene rings is 1. The Morgan fingerprint density at radius 2 is 2.46 bits per heavy atom. The molecule has 72 valence electrons. The van der Waals surface area contributed by atoms with Crippen LogP contribution < -0.4 is 0 Å². The highest BCUT2D eigenvalue weighted by molar-refractivity contribution is 7.12. The first-order valence-electron chi connectivity index (χ1n) is 4.12. The Hall–Kier alpha value is -1.03. The van der Waals surface area contributed by atoms with Gasteiger partial charge in [-0.2, -0.15) is 0 Å². The number of aromatic hydroxyl groups is 1. The number of carbonyl (C=O) groups is 1. The summed E-state index contributed by atoms with van der Waals surface area (Å²) in [7, 11) is 0. The zero-order chi connectivity index (χ0) is 9.84. The van der Waals surface area contributed by atoms with E-state index >= 15 is 0 Å². The molecule has 0 aromatic carbocycles. The molecule has 0 bridgehead atoms. The van der Waals surface area contributed by atoms with E-state index in [1.807, 2.05) is 13.8 Å². The van der Waals surface area contributed by atoms with Gasteiger partial charge in [0.05, 0.1) is 6.10 Å². The molecule has 0 fully saturated rings. The molecule has 0 amide bonds. The highest BCUT2D eigenvalue weighted by atomic mass is 32.1. The van der Waals surface area contributed by atoms with Gasteiger partial charge in [0.15, 0.2) is 4.88 Å². The van der Waals surface area contributed by atoms with Gasteiger partial charge in [0.1, 0.15) is 5.75 Å². The molecule has 0 aliphatic rings. The minimum atomic E-state index is -0.443. The number of hydrogen-bond acceptors (Lipinski definition) is 4. The van der Waals surface area contributed by atoms with E-state index in [-0.39, 0.29) is 16.7 Å².